The second kappa shape index (κ2) is 7.87. The van der Waals surface area contributed by atoms with Crippen molar-refractivity contribution < 1.29 is 8.83 Å². The Morgan fingerprint density at radius 3 is 2.96 bits per heavy atom. The van der Waals surface area contributed by atoms with Gasteiger partial charge in [-0.15, -0.1) is 0 Å². The number of hydrogen-bond acceptors (Lipinski definition) is 5. The number of furan rings is 1. The molecule has 0 saturated carbocycles. The topological polar surface area (TPSA) is 55.3 Å². The van der Waals surface area contributed by atoms with Gasteiger partial charge in [0.05, 0.1) is 12.0 Å². The maximum Gasteiger partial charge on any atom is 0.263 e. The Balaban J connectivity index is 1.43. The number of oxazole rings is 1. The quantitative estimate of drug-likeness (QED) is 0.648. The zero-order chi connectivity index (χ0) is 17.8. The van der Waals surface area contributed by atoms with E-state index >= 15 is 0 Å². The van der Waals surface area contributed by atoms with Crippen LogP contribution in [0, 0.1) is 6.92 Å². The molecular formula is C21H25N3O2. The number of pyridine rings is 1. The fourth-order valence-electron chi connectivity index (χ4n) is 3.73. The Hall–Kier alpha value is -2.40. The first-order valence-corrected chi connectivity index (χ1v) is 9.44. The highest BCUT2D eigenvalue weighted by Crippen LogP contribution is 2.26. The van der Waals surface area contributed by atoms with E-state index in [4.69, 9.17) is 8.83 Å². The van der Waals surface area contributed by atoms with Gasteiger partial charge >= 0.3 is 0 Å². The molecule has 0 bridgehead atoms. The minimum absolute atomic E-state index is 0.574. The molecule has 0 aromatic carbocycles. The van der Waals surface area contributed by atoms with Gasteiger partial charge in [-0.2, -0.15) is 0 Å². The van der Waals surface area contributed by atoms with Gasteiger partial charge in [0.1, 0.15) is 5.76 Å². The monoisotopic (exact) mass is 351 g/mol. The largest absolute Gasteiger partial charge is 0.459 e. The van der Waals surface area contributed by atoms with Crippen LogP contribution in [0.5, 0.6) is 0 Å². The number of nitrogens with zero attached hydrogens (tertiary/aromatic N) is 3. The molecule has 1 fully saturated rings. The van der Waals surface area contributed by atoms with Crippen LogP contribution in [0.2, 0.25) is 0 Å². The van der Waals surface area contributed by atoms with Crippen LogP contribution >= 0.6 is 0 Å². The number of piperidine rings is 1. The van der Waals surface area contributed by atoms with Crippen molar-refractivity contribution in [1.29, 1.82) is 0 Å². The Labute approximate surface area is 154 Å². The summed E-state index contributed by atoms with van der Waals surface area (Å²) in [5, 5.41) is 0. The van der Waals surface area contributed by atoms with E-state index in [1.54, 1.807) is 6.26 Å². The van der Waals surface area contributed by atoms with Crippen molar-refractivity contribution >= 4 is 0 Å². The van der Waals surface area contributed by atoms with Crippen LogP contribution in [0.15, 0.2) is 51.6 Å². The highest BCUT2D eigenvalue weighted by molar-refractivity contribution is 5.44. The molecule has 0 radical (unpaired) electrons. The van der Waals surface area contributed by atoms with Gasteiger partial charge in [0, 0.05) is 24.5 Å². The first-order valence-electron chi connectivity index (χ1n) is 9.44. The van der Waals surface area contributed by atoms with E-state index in [0.717, 1.165) is 37.4 Å². The van der Waals surface area contributed by atoms with Crippen molar-refractivity contribution in [2.75, 3.05) is 6.54 Å². The molecule has 0 spiro atoms. The van der Waals surface area contributed by atoms with E-state index < -0.39 is 0 Å². The van der Waals surface area contributed by atoms with Gasteiger partial charge in [-0.3, -0.25) is 9.88 Å². The van der Waals surface area contributed by atoms with E-state index in [0.29, 0.717) is 17.7 Å². The maximum absolute atomic E-state index is 5.82. The normalized spacial score (nSPS) is 18.3. The molecule has 0 N–H and O–H groups in total. The van der Waals surface area contributed by atoms with E-state index in [9.17, 15) is 0 Å². The van der Waals surface area contributed by atoms with Gasteiger partial charge in [0.2, 0.25) is 0 Å². The predicted molar refractivity (Wildman–Crippen MR) is 99.5 cm³/mol. The molecule has 1 aliphatic heterocycles. The first kappa shape index (κ1) is 17.0. The van der Waals surface area contributed by atoms with Gasteiger partial charge in [-0.25, -0.2) is 4.98 Å². The summed E-state index contributed by atoms with van der Waals surface area (Å²) < 4.78 is 11.2. The molecule has 0 amide bonds. The minimum atomic E-state index is 0.574. The molecule has 4 rings (SSSR count). The van der Waals surface area contributed by atoms with Crippen molar-refractivity contribution in [3.05, 3.63) is 59.9 Å². The molecule has 3 aromatic heterocycles. The molecule has 4 heterocycles. The third-order valence-corrected chi connectivity index (χ3v) is 5.19. The Morgan fingerprint density at radius 1 is 1.19 bits per heavy atom. The molecule has 136 valence electrons. The summed E-state index contributed by atoms with van der Waals surface area (Å²) in [4.78, 5) is 11.7. The smallest absolute Gasteiger partial charge is 0.263 e. The molecule has 26 heavy (non-hydrogen) atoms. The molecule has 5 heteroatoms. The summed E-state index contributed by atoms with van der Waals surface area (Å²) in [7, 11) is 0. The minimum Gasteiger partial charge on any atom is -0.459 e. The average Bonchev–Trinajstić information content (AvgIpc) is 3.32. The van der Waals surface area contributed by atoms with Crippen LogP contribution in [0.1, 0.15) is 42.8 Å². The number of likely N-dealkylation sites (tertiary alicyclic amines) is 1. The van der Waals surface area contributed by atoms with Crippen molar-refractivity contribution in [3.63, 3.8) is 0 Å². The lowest BCUT2D eigenvalue weighted by atomic mass is 9.96. The Bertz CT molecular complexity index is 811. The van der Waals surface area contributed by atoms with E-state index in [2.05, 4.69) is 27.0 Å². The summed E-state index contributed by atoms with van der Waals surface area (Å²) in [6.07, 6.45) is 9.49. The number of aromatic nitrogens is 2. The third kappa shape index (κ3) is 3.88. The Morgan fingerprint density at radius 2 is 2.15 bits per heavy atom. The summed E-state index contributed by atoms with van der Waals surface area (Å²) in [5.41, 5.74) is 2.19. The van der Waals surface area contributed by atoms with Crippen molar-refractivity contribution in [1.82, 2.24) is 14.9 Å². The van der Waals surface area contributed by atoms with Gasteiger partial charge in [0.15, 0.2) is 5.76 Å². The third-order valence-electron chi connectivity index (χ3n) is 5.19. The lowest BCUT2D eigenvalue weighted by molar-refractivity contribution is 0.130. The second-order valence-electron chi connectivity index (χ2n) is 6.98. The van der Waals surface area contributed by atoms with E-state index in [1.165, 1.54) is 25.0 Å². The average molecular weight is 351 g/mol. The summed E-state index contributed by atoms with van der Waals surface area (Å²) in [5.74, 6) is 2.14. The van der Waals surface area contributed by atoms with Gasteiger partial charge in [-0.05, 0) is 63.4 Å². The zero-order valence-electron chi connectivity index (χ0n) is 15.2. The zero-order valence-corrected chi connectivity index (χ0v) is 15.2. The van der Waals surface area contributed by atoms with Gasteiger partial charge in [0.25, 0.3) is 5.89 Å². The van der Waals surface area contributed by atoms with Crippen molar-refractivity contribution in [2.24, 2.45) is 0 Å². The van der Waals surface area contributed by atoms with Crippen LogP contribution in [0.4, 0.5) is 0 Å². The fraction of sp³-hybridized carbons (Fsp3) is 0.429. The second-order valence-corrected chi connectivity index (χ2v) is 6.98. The fourth-order valence-corrected chi connectivity index (χ4v) is 3.73. The van der Waals surface area contributed by atoms with Crippen LogP contribution in [0.25, 0.3) is 11.7 Å². The first-order chi connectivity index (χ1) is 12.8. The Kier molecular flexibility index (Phi) is 5.16. The molecule has 1 atom stereocenters. The SMILES string of the molecule is Cc1oc(-c2ccco2)nc1CN1CCCC[C@H]1CCc1ccccn1. The molecule has 5 nitrogen and oxygen atoms in total. The molecule has 0 aliphatic carbocycles. The predicted octanol–water partition coefficient (Wildman–Crippen LogP) is 4.63. The summed E-state index contributed by atoms with van der Waals surface area (Å²) in [6.45, 7) is 3.94. The highest BCUT2D eigenvalue weighted by Gasteiger charge is 2.25. The molecular weight excluding hydrogens is 326 g/mol. The van der Waals surface area contributed by atoms with Crippen LogP contribution in [-0.4, -0.2) is 27.5 Å². The number of hydrogen-bond donors (Lipinski definition) is 0. The highest BCUT2D eigenvalue weighted by atomic mass is 16.4. The number of aryl methyl sites for hydroxylation is 2. The lowest BCUT2D eigenvalue weighted by Gasteiger charge is -2.35. The molecule has 0 unspecified atom stereocenters. The summed E-state index contributed by atoms with van der Waals surface area (Å²) in [6, 6.07) is 10.5. The van der Waals surface area contributed by atoms with Gasteiger partial charge < -0.3 is 8.83 Å². The van der Waals surface area contributed by atoms with E-state index in [-0.39, 0.29) is 0 Å². The van der Waals surface area contributed by atoms with Crippen LogP contribution in [0.3, 0.4) is 0 Å². The van der Waals surface area contributed by atoms with Crippen LogP contribution in [-0.2, 0) is 13.0 Å². The van der Waals surface area contributed by atoms with Gasteiger partial charge in [-0.1, -0.05) is 12.5 Å². The lowest BCUT2D eigenvalue weighted by Crippen LogP contribution is -2.39. The molecule has 3 aromatic rings. The molecule has 1 saturated heterocycles. The van der Waals surface area contributed by atoms with E-state index in [1.807, 2.05) is 31.3 Å². The maximum atomic E-state index is 5.82. The van der Waals surface area contributed by atoms with Crippen molar-refractivity contribution in [3.8, 4) is 11.7 Å². The molecule has 1 aliphatic rings. The van der Waals surface area contributed by atoms with Crippen molar-refractivity contribution in [2.45, 2.75) is 51.6 Å². The van der Waals surface area contributed by atoms with Crippen LogP contribution < -0.4 is 0 Å². The summed E-state index contributed by atoms with van der Waals surface area (Å²) >= 11 is 0. The standard InChI is InChI=1S/C21H25N3O2/c1-16-19(23-21(26-16)20-9-6-14-25-20)15-24-13-5-3-8-18(24)11-10-17-7-2-4-12-22-17/h2,4,6-7,9,12,14,18H,3,5,8,10-11,13,15H2,1H3/t18-/m0/s1. The number of rotatable bonds is 6.